The second kappa shape index (κ2) is 3.08. The van der Waals surface area contributed by atoms with E-state index in [1.54, 1.807) is 0 Å². The zero-order valence-electron chi connectivity index (χ0n) is 5.61. The van der Waals surface area contributed by atoms with E-state index in [2.05, 4.69) is 12.2 Å². The monoisotopic (exact) mass is 115 g/mol. The van der Waals surface area contributed by atoms with E-state index in [-0.39, 0.29) is 1.43 Å². The molecule has 0 saturated carbocycles. The second-order valence-electron chi connectivity index (χ2n) is 2.58. The molecule has 0 radical (unpaired) electrons. The van der Waals surface area contributed by atoms with Gasteiger partial charge in [0.2, 0.25) is 0 Å². The van der Waals surface area contributed by atoms with E-state index in [0.29, 0.717) is 0 Å². The molecule has 1 rings (SSSR count). The molecule has 0 amide bonds. The normalized spacial score (nSPS) is 28.9. The summed E-state index contributed by atoms with van der Waals surface area (Å²) in [5.41, 5.74) is 0. The third kappa shape index (κ3) is 1.48. The number of hydrogen-bond donors (Lipinski definition) is 1. The van der Waals surface area contributed by atoms with Crippen LogP contribution in [0.25, 0.3) is 0 Å². The molecule has 0 spiro atoms. The highest BCUT2D eigenvalue weighted by molar-refractivity contribution is 4.72. The molecule has 0 aromatic rings. The lowest BCUT2D eigenvalue weighted by Gasteiger charge is -2.05. The summed E-state index contributed by atoms with van der Waals surface area (Å²) in [6, 6.07) is 0.861. The first-order valence-corrected chi connectivity index (χ1v) is 3.67. The van der Waals surface area contributed by atoms with Crippen LogP contribution in [0.2, 0.25) is 0 Å². The van der Waals surface area contributed by atoms with Crippen LogP contribution in [0.15, 0.2) is 0 Å². The minimum atomic E-state index is 0. The van der Waals surface area contributed by atoms with E-state index >= 15 is 0 Å². The van der Waals surface area contributed by atoms with Crippen LogP contribution in [0.3, 0.4) is 0 Å². The van der Waals surface area contributed by atoms with Crippen LogP contribution in [-0.4, -0.2) is 12.6 Å². The zero-order chi connectivity index (χ0) is 5.82. The van der Waals surface area contributed by atoms with Crippen molar-refractivity contribution in [1.29, 1.82) is 0 Å². The van der Waals surface area contributed by atoms with Gasteiger partial charge in [-0.2, -0.15) is 0 Å². The number of hydrogen-bond acceptors (Lipinski definition) is 1. The Labute approximate surface area is 53.0 Å². The van der Waals surface area contributed by atoms with Crippen molar-refractivity contribution in [2.45, 2.75) is 38.6 Å². The molecule has 0 aliphatic carbocycles. The lowest BCUT2D eigenvalue weighted by molar-refractivity contribution is 0.551. The maximum Gasteiger partial charge on any atom is 0.00674 e. The van der Waals surface area contributed by atoms with Crippen LogP contribution in [-0.2, 0) is 0 Å². The van der Waals surface area contributed by atoms with Gasteiger partial charge in [0, 0.05) is 7.47 Å². The molecule has 8 heavy (non-hydrogen) atoms. The standard InChI is InChI=1S/C7H15N.H2/c1-2-4-7-5-3-6-8-7;/h7-8H,2-6H2,1H3;1H/t7-;/m1./s1. The minimum Gasteiger partial charge on any atom is -0.314 e. The highest BCUT2D eigenvalue weighted by atomic mass is 14.9. The summed E-state index contributed by atoms with van der Waals surface area (Å²) in [6.07, 6.45) is 5.51. The van der Waals surface area contributed by atoms with Gasteiger partial charge in [0.15, 0.2) is 0 Å². The predicted octanol–water partition coefficient (Wildman–Crippen LogP) is 1.78. The Morgan fingerprint density at radius 2 is 2.62 bits per heavy atom. The molecular formula is C7H17N. The van der Waals surface area contributed by atoms with Crippen molar-refractivity contribution in [3.8, 4) is 0 Å². The van der Waals surface area contributed by atoms with Gasteiger partial charge in [0.05, 0.1) is 0 Å². The van der Waals surface area contributed by atoms with Crippen LogP contribution in [0.5, 0.6) is 0 Å². The SMILES string of the molecule is CCC[C@@H]1CCCN1.[HH]. The third-order valence-electron chi connectivity index (χ3n) is 1.80. The molecule has 1 nitrogen and oxygen atoms in total. The Morgan fingerprint density at radius 1 is 1.75 bits per heavy atom. The van der Waals surface area contributed by atoms with Gasteiger partial charge in [0.25, 0.3) is 0 Å². The number of rotatable bonds is 2. The van der Waals surface area contributed by atoms with Gasteiger partial charge in [-0.1, -0.05) is 13.3 Å². The third-order valence-corrected chi connectivity index (χ3v) is 1.80. The molecule has 1 fully saturated rings. The molecule has 1 N–H and O–H groups in total. The first-order valence-electron chi connectivity index (χ1n) is 3.67. The molecule has 1 aliphatic rings. The van der Waals surface area contributed by atoms with E-state index in [4.69, 9.17) is 0 Å². The van der Waals surface area contributed by atoms with Gasteiger partial charge >= 0.3 is 0 Å². The summed E-state index contributed by atoms with van der Waals surface area (Å²) >= 11 is 0. The molecular weight excluding hydrogens is 98.1 g/mol. The van der Waals surface area contributed by atoms with Gasteiger partial charge in [-0.25, -0.2) is 0 Å². The van der Waals surface area contributed by atoms with Crippen molar-refractivity contribution in [2.24, 2.45) is 0 Å². The van der Waals surface area contributed by atoms with Gasteiger partial charge in [-0.05, 0) is 25.8 Å². The molecule has 0 aromatic carbocycles. The molecule has 1 heteroatoms. The van der Waals surface area contributed by atoms with E-state index in [1.807, 2.05) is 0 Å². The van der Waals surface area contributed by atoms with Crippen molar-refractivity contribution in [3.05, 3.63) is 0 Å². The van der Waals surface area contributed by atoms with Gasteiger partial charge < -0.3 is 5.32 Å². The van der Waals surface area contributed by atoms with Gasteiger partial charge in [0.1, 0.15) is 0 Å². The first-order chi connectivity index (χ1) is 3.93. The summed E-state index contributed by atoms with van der Waals surface area (Å²) in [4.78, 5) is 0. The molecule has 1 aliphatic heterocycles. The van der Waals surface area contributed by atoms with E-state index < -0.39 is 0 Å². The van der Waals surface area contributed by atoms with Gasteiger partial charge in [-0.15, -0.1) is 0 Å². The van der Waals surface area contributed by atoms with Crippen LogP contribution in [0.1, 0.15) is 34.0 Å². The van der Waals surface area contributed by atoms with E-state index in [0.717, 1.165) is 6.04 Å². The Morgan fingerprint density at radius 3 is 3.12 bits per heavy atom. The summed E-state index contributed by atoms with van der Waals surface area (Å²) in [7, 11) is 0. The highest BCUT2D eigenvalue weighted by Gasteiger charge is 2.11. The van der Waals surface area contributed by atoms with Crippen LogP contribution in [0.4, 0.5) is 0 Å². The fourth-order valence-corrected chi connectivity index (χ4v) is 1.35. The summed E-state index contributed by atoms with van der Waals surface area (Å²) < 4.78 is 0. The molecule has 0 unspecified atom stereocenters. The Bertz CT molecular complexity index is 59.9. The Hall–Kier alpha value is -0.0400. The largest absolute Gasteiger partial charge is 0.314 e. The maximum absolute atomic E-state index is 3.46. The zero-order valence-corrected chi connectivity index (χ0v) is 5.61. The minimum absolute atomic E-state index is 0. The molecule has 1 heterocycles. The molecule has 50 valence electrons. The fourth-order valence-electron chi connectivity index (χ4n) is 1.35. The summed E-state index contributed by atoms with van der Waals surface area (Å²) in [6.45, 7) is 3.50. The first kappa shape index (κ1) is 6.09. The van der Waals surface area contributed by atoms with Crippen LogP contribution in [0, 0.1) is 0 Å². The van der Waals surface area contributed by atoms with Crippen molar-refractivity contribution < 1.29 is 1.43 Å². The molecule has 1 saturated heterocycles. The molecule has 1 atom stereocenters. The Kier molecular flexibility index (Phi) is 2.34. The van der Waals surface area contributed by atoms with Crippen molar-refractivity contribution >= 4 is 0 Å². The molecule has 0 aromatic heterocycles. The van der Waals surface area contributed by atoms with E-state index in [9.17, 15) is 0 Å². The summed E-state index contributed by atoms with van der Waals surface area (Å²) in [5, 5.41) is 3.46. The lowest BCUT2D eigenvalue weighted by atomic mass is 10.1. The smallest absolute Gasteiger partial charge is 0.00674 e. The molecule has 0 bridgehead atoms. The lowest BCUT2D eigenvalue weighted by Crippen LogP contribution is -2.20. The van der Waals surface area contributed by atoms with Crippen LogP contribution < -0.4 is 5.32 Å². The van der Waals surface area contributed by atoms with Crippen LogP contribution >= 0.6 is 0 Å². The fraction of sp³-hybridized carbons (Fsp3) is 1.00. The maximum atomic E-state index is 3.46. The topological polar surface area (TPSA) is 12.0 Å². The van der Waals surface area contributed by atoms with Gasteiger partial charge in [-0.3, -0.25) is 0 Å². The average molecular weight is 115 g/mol. The van der Waals surface area contributed by atoms with Crippen molar-refractivity contribution in [2.75, 3.05) is 6.54 Å². The predicted molar refractivity (Wildman–Crippen MR) is 38.0 cm³/mol. The van der Waals surface area contributed by atoms with E-state index in [1.165, 1.54) is 32.2 Å². The average Bonchev–Trinajstić information content (AvgIpc) is 2.19. The quantitative estimate of drug-likeness (QED) is 0.578. The number of nitrogens with one attached hydrogen (secondary N) is 1. The summed E-state index contributed by atoms with van der Waals surface area (Å²) in [5.74, 6) is 0. The highest BCUT2D eigenvalue weighted by Crippen LogP contribution is 2.09. The Balaban J connectivity index is 0.000000640. The van der Waals surface area contributed by atoms with Crippen molar-refractivity contribution in [1.82, 2.24) is 5.32 Å². The van der Waals surface area contributed by atoms with Crippen molar-refractivity contribution in [3.63, 3.8) is 0 Å². The second-order valence-corrected chi connectivity index (χ2v) is 2.58.